The summed E-state index contributed by atoms with van der Waals surface area (Å²) in [6.07, 6.45) is 8.11. The Bertz CT molecular complexity index is 254. The van der Waals surface area contributed by atoms with Crippen LogP contribution in [0.1, 0.15) is 52.4 Å². The summed E-state index contributed by atoms with van der Waals surface area (Å²) in [5.74, 6) is 0.741. The zero-order chi connectivity index (χ0) is 14.3. The van der Waals surface area contributed by atoms with Crippen LogP contribution in [0.3, 0.4) is 0 Å². The number of hydrogen-bond donors (Lipinski definition) is 1. The van der Waals surface area contributed by atoms with Gasteiger partial charge in [0.1, 0.15) is 0 Å². The van der Waals surface area contributed by atoms with Gasteiger partial charge in [-0.15, -0.1) is 0 Å². The van der Waals surface area contributed by atoms with Gasteiger partial charge in [0.15, 0.2) is 0 Å². The average molecular weight is 282 g/mol. The fourth-order valence-electron chi connectivity index (χ4n) is 3.59. The van der Waals surface area contributed by atoms with E-state index in [1.54, 1.807) is 0 Å². The Kier molecular flexibility index (Phi) is 6.79. The molecular formula is C17H34N2O. The van der Waals surface area contributed by atoms with E-state index in [1.165, 1.54) is 64.7 Å². The molecule has 2 heterocycles. The van der Waals surface area contributed by atoms with E-state index in [9.17, 15) is 0 Å². The van der Waals surface area contributed by atoms with Crippen LogP contribution in [-0.2, 0) is 4.74 Å². The molecule has 0 aromatic heterocycles. The molecule has 0 aliphatic carbocycles. The van der Waals surface area contributed by atoms with E-state index in [2.05, 4.69) is 24.1 Å². The van der Waals surface area contributed by atoms with Gasteiger partial charge >= 0.3 is 0 Å². The van der Waals surface area contributed by atoms with Gasteiger partial charge in [0, 0.05) is 26.3 Å². The molecule has 0 radical (unpaired) electrons. The SMILES string of the molecule is CC(C)CNCC1(CN2CCCCCC2)CCOCC1. The van der Waals surface area contributed by atoms with Crippen LogP contribution < -0.4 is 5.32 Å². The van der Waals surface area contributed by atoms with Crippen LogP contribution in [0.5, 0.6) is 0 Å². The fourth-order valence-corrected chi connectivity index (χ4v) is 3.59. The van der Waals surface area contributed by atoms with Gasteiger partial charge in [-0.25, -0.2) is 0 Å². The lowest BCUT2D eigenvalue weighted by molar-refractivity contribution is -0.00412. The first-order chi connectivity index (χ1) is 9.70. The maximum atomic E-state index is 5.62. The Labute approximate surface area is 125 Å². The van der Waals surface area contributed by atoms with E-state index in [-0.39, 0.29) is 0 Å². The number of hydrogen-bond acceptors (Lipinski definition) is 3. The van der Waals surface area contributed by atoms with Crippen molar-refractivity contribution >= 4 is 0 Å². The molecule has 2 aliphatic heterocycles. The topological polar surface area (TPSA) is 24.5 Å². The summed E-state index contributed by atoms with van der Waals surface area (Å²) in [7, 11) is 0. The highest BCUT2D eigenvalue weighted by molar-refractivity contribution is 4.87. The molecule has 2 rings (SSSR count). The lowest BCUT2D eigenvalue weighted by Crippen LogP contribution is -2.48. The van der Waals surface area contributed by atoms with Crippen LogP contribution in [0, 0.1) is 11.3 Å². The van der Waals surface area contributed by atoms with Crippen LogP contribution in [0.25, 0.3) is 0 Å². The molecule has 0 unspecified atom stereocenters. The first kappa shape index (κ1) is 16.3. The Balaban J connectivity index is 1.87. The third-order valence-corrected chi connectivity index (χ3v) is 4.86. The molecule has 0 aromatic rings. The minimum absolute atomic E-state index is 0.456. The molecule has 3 heteroatoms. The standard InChI is InChI=1S/C17H34N2O/c1-16(2)13-18-14-17(7-11-20-12-8-17)15-19-9-5-3-4-6-10-19/h16,18H,3-15H2,1-2H3. The van der Waals surface area contributed by atoms with Crippen molar-refractivity contribution in [1.29, 1.82) is 0 Å². The predicted molar refractivity (Wildman–Crippen MR) is 85.1 cm³/mol. The Morgan fingerprint density at radius 3 is 2.30 bits per heavy atom. The molecule has 20 heavy (non-hydrogen) atoms. The molecule has 2 aliphatic rings. The molecule has 0 amide bonds. The van der Waals surface area contributed by atoms with Gasteiger partial charge in [0.05, 0.1) is 0 Å². The molecular weight excluding hydrogens is 248 g/mol. The minimum Gasteiger partial charge on any atom is -0.381 e. The van der Waals surface area contributed by atoms with Crippen LogP contribution in [0.15, 0.2) is 0 Å². The minimum atomic E-state index is 0.456. The van der Waals surface area contributed by atoms with Gasteiger partial charge in [0.25, 0.3) is 0 Å². The van der Waals surface area contributed by atoms with E-state index < -0.39 is 0 Å². The van der Waals surface area contributed by atoms with Crippen molar-refractivity contribution in [3.8, 4) is 0 Å². The summed E-state index contributed by atoms with van der Waals surface area (Å²) in [5.41, 5.74) is 0.456. The number of nitrogens with zero attached hydrogens (tertiary/aromatic N) is 1. The number of rotatable bonds is 6. The molecule has 1 N–H and O–H groups in total. The van der Waals surface area contributed by atoms with Crippen molar-refractivity contribution < 1.29 is 4.74 Å². The van der Waals surface area contributed by atoms with Crippen molar-refractivity contribution in [2.75, 3.05) is 45.9 Å². The molecule has 118 valence electrons. The van der Waals surface area contributed by atoms with E-state index in [0.29, 0.717) is 5.41 Å². The van der Waals surface area contributed by atoms with Crippen LogP contribution in [0.4, 0.5) is 0 Å². The quantitative estimate of drug-likeness (QED) is 0.811. The normalized spacial score (nSPS) is 24.8. The van der Waals surface area contributed by atoms with Gasteiger partial charge in [-0.3, -0.25) is 0 Å². The average Bonchev–Trinajstić information content (AvgIpc) is 2.68. The van der Waals surface area contributed by atoms with Crippen LogP contribution in [-0.4, -0.2) is 50.8 Å². The molecule has 3 nitrogen and oxygen atoms in total. The van der Waals surface area contributed by atoms with Gasteiger partial charge in [-0.2, -0.15) is 0 Å². The molecule has 0 saturated carbocycles. The molecule has 0 bridgehead atoms. The summed E-state index contributed by atoms with van der Waals surface area (Å²) in [4.78, 5) is 2.73. The summed E-state index contributed by atoms with van der Waals surface area (Å²) in [6, 6.07) is 0. The van der Waals surface area contributed by atoms with Gasteiger partial charge in [-0.05, 0) is 56.7 Å². The first-order valence-corrected chi connectivity index (χ1v) is 8.71. The van der Waals surface area contributed by atoms with Crippen molar-refractivity contribution in [1.82, 2.24) is 10.2 Å². The molecule has 0 spiro atoms. The van der Waals surface area contributed by atoms with Crippen molar-refractivity contribution in [2.24, 2.45) is 11.3 Å². The smallest absolute Gasteiger partial charge is 0.0472 e. The molecule has 2 saturated heterocycles. The number of likely N-dealkylation sites (tertiary alicyclic amines) is 1. The van der Waals surface area contributed by atoms with E-state index in [0.717, 1.165) is 25.7 Å². The van der Waals surface area contributed by atoms with Crippen molar-refractivity contribution in [2.45, 2.75) is 52.4 Å². The number of nitrogens with one attached hydrogen (secondary N) is 1. The zero-order valence-electron chi connectivity index (χ0n) is 13.6. The largest absolute Gasteiger partial charge is 0.381 e. The summed E-state index contributed by atoms with van der Waals surface area (Å²) in [5, 5.41) is 3.72. The third-order valence-electron chi connectivity index (χ3n) is 4.86. The summed E-state index contributed by atoms with van der Waals surface area (Å²) < 4.78 is 5.62. The molecule has 0 atom stereocenters. The first-order valence-electron chi connectivity index (χ1n) is 8.71. The van der Waals surface area contributed by atoms with Gasteiger partial charge in [-0.1, -0.05) is 26.7 Å². The Morgan fingerprint density at radius 1 is 1.05 bits per heavy atom. The highest BCUT2D eigenvalue weighted by atomic mass is 16.5. The van der Waals surface area contributed by atoms with Crippen molar-refractivity contribution in [3.63, 3.8) is 0 Å². The summed E-state index contributed by atoms with van der Waals surface area (Å²) in [6.45, 7) is 12.7. The van der Waals surface area contributed by atoms with Crippen LogP contribution >= 0.6 is 0 Å². The van der Waals surface area contributed by atoms with E-state index in [4.69, 9.17) is 4.74 Å². The lowest BCUT2D eigenvalue weighted by atomic mass is 9.79. The van der Waals surface area contributed by atoms with Gasteiger partial charge in [0.2, 0.25) is 0 Å². The van der Waals surface area contributed by atoms with Gasteiger partial charge < -0.3 is 15.0 Å². The molecule has 0 aromatic carbocycles. The third kappa shape index (κ3) is 5.34. The monoisotopic (exact) mass is 282 g/mol. The highest BCUT2D eigenvalue weighted by Crippen LogP contribution is 2.31. The lowest BCUT2D eigenvalue weighted by Gasteiger charge is -2.41. The summed E-state index contributed by atoms with van der Waals surface area (Å²) >= 11 is 0. The highest BCUT2D eigenvalue weighted by Gasteiger charge is 2.34. The fraction of sp³-hybridized carbons (Fsp3) is 1.00. The molecule has 2 fully saturated rings. The Morgan fingerprint density at radius 2 is 1.70 bits per heavy atom. The Hall–Kier alpha value is -0.120. The van der Waals surface area contributed by atoms with Crippen molar-refractivity contribution in [3.05, 3.63) is 0 Å². The second kappa shape index (κ2) is 8.35. The van der Waals surface area contributed by atoms with Crippen LogP contribution in [0.2, 0.25) is 0 Å². The van der Waals surface area contributed by atoms with E-state index >= 15 is 0 Å². The second-order valence-electron chi connectivity index (χ2n) is 7.33. The second-order valence-corrected chi connectivity index (χ2v) is 7.33. The predicted octanol–water partition coefficient (Wildman–Crippen LogP) is 2.90. The van der Waals surface area contributed by atoms with E-state index in [1.807, 2.05) is 0 Å². The number of ether oxygens (including phenoxy) is 1. The maximum Gasteiger partial charge on any atom is 0.0472 e. The maximum absolute atomic E-state index is 5.62. The zero-order valence-corrected chi connectivity index (χ0v) is 13.6.